The molecule has 2 atom stereocenters. The van der Waals surface area contributed by atoms with Gasteiger partial charge >= 0.3 is 0 Å². The number of hydrogen-bond acceptors (Lipinski definition) is 3. The molecule has 0 radical (unpaired) electrons. The van der Waals surface area contributed by atoms with Gasteiger partial charge in [0, 0.05) is 31.6 Å². The lowest BCUT2D eigenvalue weighted by atomic mass is 9.89. The summed E-state index contributed by atoms with van der Waals surface area (Å²) in [6, 6.07) is 10.4. The van der Waals surface area contributed by atoms with Crippen molar-refractivity contribution in [2.24, 2.45) is 11.8 Å². The molecule has 122 valence electrons. The van der Waals surface area contributed by atoms with Crippen LogP contribution in [0.15, 0.2) is 24.3 Å². The Morgan fingerprint density at radius 3 is 2.65 bits per heavy atom. The quantitative estimate of drug-likeness (QED) is 0.909. The second-order valence-corrected chi connectivity index (χ2v) is 6.81. The van der Waals surface area contributed by atoms with E-state index >= 15 is 0 Å². The predicted molar refractivity (Wildman–Crippen MR) is 89.5 cm³/mol. The van der Waals surface area contributed by atoms with Crippen molar-refractivity contribution >= 4 is 5.91 Å². The highest BCUT2D eigenvalue weighted by atomic mass is 16.2. The molecular weight excluding hydrogens is 286 g/mol. The number of carbonyl (C=O) groups excluding carboxylic acids is 1. The van der Waals surface area contributed by atoms with Gasteiger partial charge in [-0.15, -0.1) is 0 Å². The summed E-state index contributed by atoms with van der Waals surface area (Å²) in [4.78, 5) is 14.3. The molecule has 3 rings (SSSR count). The number of piperidine rings is 1. The van der Waals surface area contributed by atoms with Gasteiger partial charge in [-0.25, -0.2) is 0 Å². The van der Waals surface area contributed by atoms with Gasteiger partial charge in [-0.05, 0) is 42.9 Å². The van der Waals surface area contributed by atoms with E-state index in [0.717, 1.165) is 45.3 Å². The third kappa shape index (κ3) is 3.92. The van der Waals surface area contributed by atoms with Crippen LogP contribution in [0.5, 0.6) is 0 Å². The van der Waals surface area contributed by atoms with Crippen LogP contribution in [0.1, 0.15) is 43.7 Å². The van der Waals surface area contributed by atoms with Crippen LogP contribution in [0.4, 0.5) is 0 Å². The molecule has 4 heteroatoms. The molecule has 4 nitrogen and oxygen atoms in total. The number of benzene rings is 1. The minimum absolute atomic E-state index is 0.329. The Hall–Kier alpha value is -1.86. The Labute approximate surface area is 138 Å². The van der Waals surface area contributed by atoms with Gasteiger partial charge < -0.3 is 10.2 Å². The summed E-state index contributed by atoms with van der Waals surface area (Å²) in [5.41, 5.74) is 1.91. The summed E-state index contributed by atoms with van der Waals surface area (Å²) in [7, 11) is 0. The highest BCUT2D eigenvalue weighted by Gasteiger charge is 2.37. The number of nitrogens with one attached hydrogen (secondary N) is 1. The molecule has 0 aromatic heterocycles. The molecule has 1 N–H and O–H groups in total. The van der Waals surface area contributed by atoms with Crippen molar-refractivity contribution in [3.05, 3.63) is 35.4 Å². The van der Waals surface area contributed by atoms with Crippen molar-refractivity contribution in [2.75, 3.05) is 13.1 Å². The Bertz CT molecular complexity index is 586. The Kier molecular flexibility index (Phi) is 4.97. The van der Waals surface area contributed by atoms with Crippen molar-refractivity contribution in [3.8, 4) is 6.07 Å². The molecule has 1 saturated carbocycles. The van der Waals surface area contributed by atoms with Crippen LogP contribution < -0.4 is 5.32 Å². The molecule has 0 spiro atoms. The van der Waals surface area contributed by atoms with Gasteiger partial charge in [0.05, 0.1) is 11.6 Å². The molecule has 1 aliphatic heterocycles. The van der Waals surface area contributed by atoms with Gasteiger partial charge in [-0.3, -0.25) is 4.79 Å². The maximum absolute atomic E-state index is 12.2. The lowest BCUT2D eigenvalue weighted by Gasteiger charge is -2.39. The van der Waals surface area contributed by atoms with Crippen LogP contribution in [0, 0.1) is 23.2 Å². The van der Waals surface area contributed by atoms with E-state index in [-0.39, 0.29) is 0 Å². The van der Waals surface area contributed by atoms with Crippen LogP contribution in [-0.2, 0) is 11.3 Å². The first-order valence-electron chi connectivity index (χ1n) is 8.72. The minimum atomic E-state index is 0.329. The molecule has 1 aromatic carbocycles. The van der Waals surface area contributed by atoms with Gasteiger partial charge in [0.1, 0.15) is 0 Å². The van der Waals surface area contributed by atoms with Crippen LogP contribution in [0.2, 0.25) is 0 Å². The zero-order valence-electron chi connectivity index (χ0n) is 13.8. The minimum Gasteiger partial charge on any atom is -0.342 e. The van der Waals surface area contributed by atoms with Crippen LogP contribution in [0.25, 0.3) is 0 Å². The third-order valence-electron chi connectivity index (χ3n) is 5.15. The summed E-state index contributed by atoms with van der Waals surface area (Å²) in [5, 5.41) is 12.5. The molecule has 2 fully saturated rings. The normalized spacial score (nSPS) is 24.3. The van der Waals surface area contributed by atoms with Crippen molar-refractivity contribution in [1.29, 1.82) is 5.26 Å². The fourth-order valence-corrected chi connectivity index (χ4v) is 3.45. The van der Waals surface area contributed by atoms with Crippen molar-refractivity contribution < 1.29 is 4.79 Å². The summed E-state index contributed by atoms with van der Waals surface area (Å²) in [6.07, 6.45) is 4.31. The average Bonchev–Trinajstić information content (AvgIpc) is 3.44. The van der Waals surface area contributed by atoms with E-state index in [0.29, 0.717) is 29.3 Å². The topological polar surface area (TPSA) is 56.1 Å². The molecule has 1 amide bonds. The summed E-state index contributed by atoms with van der Waals surface area (Å²) in [5.74, 6) is 1.24. The number of nitriles is 1. The number of nitrogens with zero attached hydrogens (tertiary/aromatic N) is 2. The Morgan fingerprint density at radius 1 is 1.30 bits per heavy atom. The van der Waals surface area contributed by atoms with E-state index in [9.17, 15) is 4.79 Å². The zero-order valence-corrected chi connectivity index (χ0v) is 13.8. The van der Waals surface area contributed by atoms with E-state index < -0.39 is 0 Å². The molecule has 1 aliphatic carbocycles. The maximum atomic E-state index is 12.2. The highest BCUT2D eigenvalue weighted by molar-refractivity contribution is 5.81. The van der Waals surface area contributed by atoms with Crippen molar-refractivity contribution in [1.82, 2.24) is 10.2 Å². The summed E-state index contributed by atoms with van der Waals surface area (Å²) < 4.78 is 0. The number of hydrogen-bond donors (Lipinski definition) is 1. The predicted octanol–water partition coefficient (Wildman–Crippen LogP) is 2.68. The Morgan fingerprint density at radius 2 is 2.04 bits per heavy atom. The first-order valence-corrected chi connectivity index (χ1v) is 8.72. The Balaban J connectivity index is 1.53. The molecule has 0 bridgehead atoms. The number of likely N-dealkylation sites (tertiary alicyclic amines) is 1. The van der Waals surface area contributed by atoms with Crippen LogP contribution in [-0.4, -0.2) is 29.9 Å². The average molecular weight is 311 g/mol. The van der Waals surface area contributed by atoms with Crippen LogP contribution >= 0.6 is 0 Å². The molecular formula is C19H25N3O. The second-order valence-electron chi connectivity index (χ2n) is 6.81. The fraction of sp³-hybridized carbons (Fsp3) is 0.579. The van der Waals surface area contributed by atoms with E-state index in [2.05, 4.69) is 23.2 Å². The zero-order chi connectivity index (χ0) is 16.2. The monoisotopic (exact) mass is 311 g/mol. The second kappa shape index (κ2) is 7.14. The molecule has 1 aromatic rings. The third-order valence-corrected chi connectivity index (χ3v) is 5.15. The maximum Gasteiger partial charge on any atom is 0.225 e. The largest absolute Gasteiger partial charge is 0.342 e. The molecule has 1 heterocycles. The first kappa shape index (κ1) is 16.0. The van der Waals surface area contributed by atoms with Gasteiger partial charge in [-0.2, -0.15) is 5.26 Å². The van der Waals surface area contributed by atoms with E-state index in [1.54, 1.807) is 0 Å². The van der Waals surface area contributed by atoms with E-state index in [1.165, 1.54) is 5.56 Å². The lowest BCUT2D eigenvalue weighted by molar-refractivity contribution is -0.134. The molecule has 1 saturated heterocycles. The van der Waals surface area contributed by atoms with Gasteiger partial charge in [0.25, 0.3) is 0 Å². The van der Waals surface area contributed by atoms with Crippen molar-refractivity contribution in [2.45, 2.75) is 45.2 Å². The lowest BCUT2D eigenvalue weighted by Crippen LogP contribution is -2.51. The number of amides is 1. The SMILES string of the molecule is CC[C@@H]1CN(C(=O)C2CC2)CC[C@H]1NCc1ccc(C#N)cc1. The molecule has 2 aliphatic rings. The molecule has 0 unspecified atom stereocenters. The number of rotatable bonds is 5. The van der Waals surface area contributed by atoms with Crippen LogP contribution in [0.3, 0.4) is 0 Å². The van der Waals surface area contributed by atoms with Crippen molar-refractivity contribution in [3.63, 3.8) is 0 Å². The standard InChI is InChI=1S/C19H25N3O/c1-2-16-13-22(19(23)17-7-8-17)10-9-18(16)21-12-15-5-3-14(11-20)4-6-15/h3-6,16-18,21H,2,7-10,12-13H2,1H3/t16-,18-/m1/s1. The van der Waals surface area contributed by atoms with E-state index in [1.807, 2.05) is 24.3 Å². The fourth-order valence-electron chi connectivity index (χ4n) is 3.45. The smallest absolute Gasteiger partial charge is 0.225 e. The van der Waals surface area contributed by atoms with E-state index in [4.69, 9.17) is 5.26 Å². The summed E-state index contributed by atoms with van der Waals surface area (Å²) >= 11 is 0. The van der Waals surface area contributed by atoms with Gasteiger partial charge in [0.2, 0.25) is 5.91 Å². The highest BCUT2D eigenvalue weighted by Crippen LogP contribution is 2.33. The number of carbonyl (C=O) groups is 1. The molecule has 23 heavy (non-hydrogen) atoms. The van der Waals surface area contributed by atoms with Gasteiger partial charge in [-0.1, -0.05) is 25.5 Å². The summed E-state index contributed by atoms with van der Waals surface area (Å²) in [6.45, 7) is 4.82. The van der Waals surface area contributed by atoms with Gasteiger partial charge in [0.15, 0.2) is 0 Å². The first-order chi connectivity index (χ1) is 11.2.